The van der Waals surface area contributed by atoms with Crippen molar-refractivity contribution in [2.75, 3.05) is 7.11 Å². The number of nitrogens with one attached hydrogen (secondary N) is 1. The highest BCUT2D eigenvalue weighted by Gasteiger charge is 2.35. The Morgan fingerprint density at radius 3 is 2.58 bits per heavy atom. The first-order chi connectivity index (χ1) is 9.26. The van der Waals surface area contributed by atoms with Crippen LogP contribution in [0.4, 0.5) is 0 Å². The molecule has 2 aliphatic carbocycles. The molecule has 2 nitrogen and oxygen atoms in total. The molecule has 0 saturated heterocycles. The van der Waals surface area contributed by atoms with Crippen LogP contribution in [0.25, 0.3) is 0 Å². The molecule has 0 amide bonds. The maximum Gasteiger partial charge on any atom is 0.0724 e. The molecule has 2 atom stereocenters. The lowest BCUT2D eigenvalue weighted by Gasteiger charge is -2.39. The summed E-state index contributed by atoms with van der Waals surface area (Å²) in [7, 11) is 1.84. The van der Waals surface area contributed by atoms with E-state index in [0.29, 0.717) is 24.1 Å². The number of rotatable bonds is 4. The van der Waals surface area contributed by atoms with Gasteiger partial charge in [-0.05, 0) is 55.7 Å². The Labute approximate surface area is 120 Å². The van der Waals surface area contributed by atoms with Crippen molar-refractivity contribution < 1.29 is 4.74 Å². The Morgan fingerprint density at radius 2 is 1.89 bits per heavy atom. The summed E-state index contributed by atoms with van der Waals surface area (Å²) < 4.78 is 5.54. The highest BCUT2D eigenvalue weighted by Crippen LogP contribution is 2.38. The second-order valence-corrected chi connectivity index (χ2v) is 6.33. The average Bonchev–Trinajstić information content (AvgIpc) is 2.82. The maximum atomic E-state index is 5.93. The lowest BCUT2D eigenvalue weighted by molar-refractivity contribution is 0.0747. The predicted molar refractivity (Wildman–Crippen MR) is 78.8 cm³/mol. The number of halogens is 1. The van der Waals surface area contributed by atoms with Crippen LogP contribution < -0.4 is 5.32 Å². The van der Waals surface area contributed by atoms with Gasteiger partial charge >= 0.3 is 0 Å². The SMILES string of the molecule is COC1CCCC1NC1CC(c2ccc(Cl)cc2)C1. The lowest BCUT2D eigenvalue weighted by Crippen LogP contribution is -2.48. The largest absolute Gasteiger partial charge is 0.380 e. The summed E-state index contributed by atoms with van der Waals surface area (Å²) in [4.78, 5) is 0. The van der Waals surface area contributed by atoms with E-state index in [1.54, 1.807) is 0 Å². The molecule has 2 fully saturated rings. The van der Waals surface area contributed by atoms with E-state index < -0.39 is 0 Å². The molecule has 1 N–H and O–H groups in total. The molecule has 2 aliphatic rings. The van der Waals surface area contributed by atoms with E-state index in [-0.39, 0.29) is 0 Å². The average molecular weight is 280 g/mol. The summed E-state index contributed by atoms with van der Waals surface area (Å²) in [6.07, 6.45) is 6.68. The molecule has 0 spiro atoms. The third kappa shape index (κ3) is 2.96. The Morgan fingerprint density at radius 1 is 1.16 bits per heavy atom. The third-order valence-electron chi connectivity index (χ3n) is 4.68. The first-order valence-electron chi connectivity index (χ1n) is 7.30. The van der Waals surface area contributed by atoms with Crippen molar-refractivity contribution in [2.45, 2.75) is 56.2 Å². The lowest BCUT2D eigenvalue weighted by atomic mass is 9.75. The number of ether oxygens (including phenoxy) is 1. The number of benzene rings is 1. The topological polar surface area (TPSA) is 21.3 Å². The molecule has 3 rings (SSSR count). The molecule has 0 bridgehead atoms. The van der Waals surface area contributed by atoms with Crippen LogP contribution in [-0.2, 0) is 4.74 Å². The van der Waals surface area contributed by atoms with E-state index in [9.17, 15) is 0 Å². The van der Waals surface area contributed by atoms with Crippen LogP contribution in [0.15, 0.2) is 24.3 Å². The summed E-state index contributed by atoms with van der Waals surface area (Å²) in [6.45, 7) is 0. The van der Waals surface area contributed by atoms with E-state index in [4.69, 9.17) is 16.3 Å². The Bertz CT molecular complexity index is 413. The molecule has 2 unspecified atom stereocenters. The Balaban J connectivity index is 1.49. The van der Waals surface area contributed by atoms with Crippen molar-refractivity contribution in [1.82, 2.24) is 5.32 Å². The van der Waals surface area contributed by atoms with Crippen molar-refractivity contribution >= 4 is 11.6 Å². The zero-order valence-corrected chi connectivity index (χ0v) is 12.2. The number of hydrogen-bond donors (Lipinski definition) is 1. The predicted octanol–water partition coefficient (Wildman–Crippen LogP) is 3.74. The maximum absolute atomic E-state index is 5.93. The molecular weight excluding hydrogens is 258 g/mol. The summed E-state index contributed by atoms with van der Waals surface area (Å²) in [5, 5.41) is 4.60. The van der Waals surface area contributed by atoms with E-state index >= 15 is 0 Å². The molecule has 1 aromatic carbocycles. The minimum absolute atomic E-state index is 0.426. The van der Waals surface area contributed by atoms with Crippen LogP contribution in [0.2, 0.25) is 5.02 Å². The number of hydrogen-bond acceptors (Lipinski definition) is 2. The van der Waals surface area contributed by atoms with Crippen LogP contribution in [0.3, 0.4) is 0 Å². The summed E-state index contributed by atoms with van der Waals surface area (Å²) in [5.41, 5.74) is 1.43. The smallest absolute Gasteiger partial charge is 0.0724 e. The molecule has 0 aliphatic heterocycles. The standard InChI is InChI=1S/C16H22ClNO/c1-19-16-4-2-3-15(16)18-14-9-12(10-14)11-5-7-13(17)8-6-11/h5-8,12,14-16,18H,2-4,9-10H2,1H3. The fraction of sp³-hybridized carbons (Fsp3) is 0.625. The van der Waals surface area contributed by atoms with Gasteiger partial charge < -0.3 is 10.1 Å². The fourth-order valence-corrected chi connectivity index (χ4v) is 3.59. The van der Waals surface area contributed by atoms with Crippen molar-refractivity contribution in [2.24, 2.45) is 0 Å². The van der Waals surface area contributed by atoms with E-state index in [1.807, 2.05) is 19.2 Å². The van der Waals surface area contributed by atoms with Crippen LogP contribution in [0.1, 0.15) is 43.6 Å². The van der Waals surface area contributed by atoms with E-state index in [2.05, 4.69) is 17.4 Å². The van der Waals surface area contributed by atoms with Gasteiger partial charge in [0.15, 0.2) is 0 Å². The molecule has 19 heavy (non-hydrogen) atoms. The van der Waals surface area contributed by atoms with Crippen LogP contribution in [0.5, 0.6) is 0 Å². The van der Waals surface area contributed by atoms with Gasteiger partial charge in [0.1, 0.15) is 0 Å². The zero-order valence-electron chi connectivity index (χ0n) is 11.4. The van der Waals surface area contributed by atoms with Crippen molar-refractivity contribution in [3.05, 3.63) is 34.9 Å². The minimum Gasteiger partial charge on any atom is -0.380 e. The zero-order chi connectivity index (χ0) is 13.2. The minimum atomic E-state index is 0.426. The van der Waals surface area contributed by atoms with Crippen molar-refractivity contribution in [1.29, 1.82) is 0 Å². The second kappa shape index (κ2) is 5.82. The number of methoxy groups -OCH3 is 1. The highest BCUT2D eigenvalue weighted by molar-refractivity contribution is 6.30. The highest BCUT2D eigenvalue weighted by atomic mass is 35.5. The molecular formula is C16H22ClNO. The first-order valence-corrected chi connectivity index (χ1v) is 7.68. The van der Waals surface area contributed by atoms with E-state index in [0.717, 1.165) is 5.02 Å². The summed E-state index contributed by atoms with van der Waals surface area (Å²) in [5.74, 6) is 0.706. The first kappa shape index (κ1) is 13.4. The molecule has 0 heterocycles. The van der Waals surface area contributed by atoms with Gasteiger partial charge in [0.2, 0.25) is 0 Å². The fourth-order valence-electron chi connectivity index (χ4n) is 3.46. The molecule has 1 aromatic rings. The summed E-state index contributed by atoms with van der Waals surface area (Å²) >= 11 is 5.93. The molecule has 3 heteroatoms. The Kier molecular flexibility index (Phi) is 4.11. The van der Waals surface area contributed by atoms with Crippen molar-refractivity contribution in [3.8, 4) is 0 Å². The van der Waals surface area contributed by atoms with Crippen LogP contribution in [-0.4, -0.2) is 25.3 Å². The monoisotopic (exact) mass is 279 g/mol. The molecule has 0 aromatic heterocycles. The Hall–Kier alpha value is -0.570. The van der Waals surface area contributed by atoms with Gasteiger partial charge in [0.25, 0.3) is 0 Å². The molecule has 2 saturated carbocycles. The third-order valence-corrected chi connectivity index (χ3v) is 4.94. The van der Waals surface area contributed by atoms with Crippen molar-refractivity contribution in [3.63, 3.8) is 0 Å². The van der Waals surface area contributed by atoms with Crippen LogP contribution >= 0.6 is 11.6 Å². The van der Waals surface area contributed by atoms with Gasteiger partial charge in [-0.3, -0.25) is 0 Å². The van der Waals surface area contributed by atoms with Gasteiger partial charge in [0.05, 0.1) is 6.10 Å². The van der Waals surface area contributed by atoms with Gasteiger partial charge in [-0.1, -0.05) is 23.7 Å². The quantitative estimate of drug-likeness (QED) is 0.906. The second-order valence-electron chi connectivity index (χ2n) is 5.90. The normalized spacial score (nSPS) is 34.2. The van der Waals surface area contributed by atoms with Gasteiger partial charge in [-0.15, -0.1) is 0 Å². The summed E-state index contributed by atoms with van der Waals surface area (Å²) in [6, 6.07) is 9.56. The molecule has 104 valence electrons. The molecule has 0 radical (unpaired) electrons. The van der Waals surface area contributed by atoms with Gasteiger partial charge in [-0.2, -0.15) is 0 Å². The van der Waals surface area contributed by atoms with Gasteiger partial charge in [0, 0.05) is 24.2 Å². The van der Waals surface area contributed by atoms with E-state index in [1.165, 1.54) is 37.7 Å². The van der Waals surface area contributed by atoms with Crippen LogP contribution in [0, 0.1) is 0 Å². The van der Waals surface area contributed by atoms with Gasteiger partial charge in [-0.25, -0.2) is 0 Å².